The van der Waals surface area contributed by atoms with Gasteiger partial charge in [-0.15, -0.1) is 11.3 Å². The number of benzene rings is 1. The van der Waals surface area contributed by atoms with Gasteiger partial charge in [0.25, 0.3) is 0 Å². The Labute approximate surface area is 164 Å². The van der Waals surface area contributed by atoms with Crippen molar-refractivity contribution in [1.29, 1.82) is 0 Å². The Hall–Kier alpha value is -1.68. The minimum absolute atomic E-state index is 0.117. The van der Waals surface area contributed by atoms with Gasteiger partial charge < -0.3 is 0 Å². The van der Waals surface area contributed by atoms with Crippen LogP contribution in [0.1, 0.15) is 42.7 Å². The van der Waals surface area contributed by atoms with Crippen LogP contribution < -0.4 is 0 Å². The van der Waals surface area contributed by atoms with Crippen molar-refractivity contribution >= 4 is 22.9 Å². The smallest absolute Gasteiger partial charge is 0.0934 e. The third-order valence-electron chi connectivity index (χ3n) is 5.15. The average Bonchev–Trinajstić information content (AvgIpc) is 3.01. The molecule has 0 saturated heterocycles. The fraction of sp³-hybridized carbons (Fsp3) is 0.318. The molecule has 2 aromatic heterocycles. The lowest BCUT2D eigenvalue weighted by molar-refractivity contribution is 0.115. The van der Waals surface area contributed by atoms with Crippen LogP contribution in [-0.4, -0.2) is 22.0 Å². The van der Waals surface area contributed by atoms with Crippen LogP contribution in [0.2, 0.25) is 4.34 Å². The largest absolute Gasteiger partial charge is 0.292 e. The van der Waals surface area contributed by atoms with E-state index in [4.69, 9.17) is 11.6 Å². The molecule has 2 nitrogen and oxygen atoms in total. The summed E-state index contributed by atoms with van der Waals surface area (Å²) in [6.45, 7) is 8.82. The number of hydrogen-bond acceptors (Lipinski definition) is 3. The Morgan fingerprint density at radius 3 is 2.58 bits per heavy atom. The Balaban J connectivity index is 1.85. The van der Waals surface area contributed by atoms with Gasteiger partial charge >= 0.3 is 0 Å². The van der Waals surface area contributed by atoms with Crippen LogP contribution in [0.15, 0.2) is 54.7 Å². The number of pyridine rings is 1. The average molecular weight is 383 g/mol. The molecule has 3 aromatic rings. The van der Waals surface area contributed by atoms with Crippen molar-refractivity contribution in [1.82, 2.24) is 9.88 Å². The molecule has 0 radical (unpaired) electrons. The van der Waals surface area contributed by atoms with E-state index >= 15 is 0 Å². The first-order valence-electron chi connectivity index (χ1n) is 8.97. The first kappa shape index (κ1) is 17.7. The van der Waals surface area contributed by atoms with E-state index in [1.165, 1.54) is 21.6 Å². The molecule has 0 saturated carbocycles. The molecule has 0 N–H and O–H groups in total. The zero-order chi connectivity index (χ0) is 18.3. The van der Waals surface area contributed by atoms with E-state index in [-0.39, 0.29) is 5.54 Å². The standard InChI is InChI=1S/C22H23ClN2S/c1-22(2,3)25-13-18(17-12-21(23)26-20(17)14-25)15-8-4-5-9-16(15)19-10-6-7-11-24-19/h4-12,18H,13-14H2,1-3H3. The molecule has 0 spiro atoms. The van der Waals surface area contributed by atoms with E-state index in [9.17, 15) is 0 Å². The minimum atomic E-state index is 0.117. The second-order valence-electron chi connectivity index (χ2n) is 7.84. The number of thiophene rings is 1. The van der Waals surface area contributed by atoms with Crippen molar-refractivity contribution in [3.8, 4) is 11.3 Å². The van der Waals surface area contributed by atoms with Crippen LogP contribution in [0.3, 0.4) is 0 Å². The van der Waals surface area contributed by atoms with Crippen molar-refractivity contribution in [2.75, 3.05) is 6.54 Å². The Kier molecular flexibility index (Phi) is 4.64. The minimum Gasteiger partial charge on any atom is -0.292 e. The monoisotopic (exact) mass is 382 g/mol. The molecule has 26 heavy (non-hydrogen) atoms. The number of fused-ring (bicyclic) bond motifs is 1. The van der Waals surface area contributed by atoms with E-state index in [1.54, 1.807) is 11.3 Å². The molecule has 1 aliphatic rings. The summed E-state index contributed by atoms with van der Waals surface area (Å²) in [6, 6.07) is 16.9. The predicted molar refractivity (Wildman–Crippen MR) is 111 cm³/mol. The molecule has 0 bridgehead atoms. The van der Waals surface area contributed by atoms with Gasteiger partial charge in [0.1, 0.15) is 0 Å². The number of aromatic nitrogens is 1. The maximum absolute atomic E-state index is 6.41. The van der Waals surface area contributed by atoms with Gasteiger partial charge in [-0.05, 0) is 50.1 Å². The first-order chi connectivity index (χ1) is 12.4. The second kappa shape index (κ2) is 6.80. The van der Waals surface area contributed by atoms with Gasteiger partial charge in [0.2, 0.25) is 0 Å². The van der Waals surface area contributed by atoms with Gasteiger partial charge in [-0.25, -0.2) is 0 Å². The predicted octanol–water partition coefficient (Wildman–Crippen LogP) is 6.21. The lowest BCUT2D eigenvalue weighted by atomic mass is 9.83. The molecule has 1 atom stereocenters. The van der Waals surface area contributed by atoms with Gasteiger partial charge in [0.15, 0.2) is 0 Å². The third kappa shape index (κ3) is 3.32. The lowest BCUT2D eigenvalue weighted by Gasteiger charge is -2.42. The zero-order valence-corrected chi connectivity index (χ0v) is 16.9. The first-order valence-corrected chi connectivity index (χ1v) is 10.2. The topological polar surface area (TPSA) is 16.1 Å². The van der Waals surface area contributed by atoms with Crippen molar-refractivity contribution in [2.24, 2.45) is 0 Å². The quantitative estimate of drug-likeness (QED) is 0.523. The molecule has 4 heteroatoms. The highest BCUT2D eigenvalue weighted by atomic mass is 35.5. The van der Waals surface area contributed by atoms with Crippen molar-refractivity contribution < 1.29 is 0 Å². The van der Waals surface area contributed by atoms with Crippen LogP contribution in [-0.2, 0) is 6.54 Å². The summed E-state index contributed by atoms with van der Waals surface area (Å²) >= 11 is 8.13. The molecule has 1 aromatic carbocycles. The SMILES string of the molecule is CC(C)(C)N1Cc2sc(Cl)cc2C(c2ccccc2-c2ccccn2)C1. The van der Waals surface area contributed by atoms with Gasteiger partial charge in [-0.2, -0.15) is 0 Å². The Morgan fingerprint density at radius 1 is 1.08 bits per heavy atom. The Bertz CT molecular complexity index is 911. The summed E-state index contributed by atoms with van der Waals surface area (Å²) in [4.78, 5) is 8.54. The highest BCUT2D eigenvalue weighted by Crippen LogP contribution is 2.43. The van der Waals surface area contributed by atoms with Gasteiger partial charge in [0.05, 0.1) is 10.0 Å². The number of halogens is 1. The number of nitrogens with zero attached hydrogens (tertiary/aromatic N) is 2. The number of hydrogen-bond donors (Lipinski definition) is 0. The molecule has 0 fully saturated rings. The van der Waals surface area contributed by atoms with Crippen LogP contribution >= 0.6 is 22.9 Å². The van der Waals surface area contributed by atoms with Crippen LogP contribution in [0.4, 0.5) is 0 Å². The van der Waals surface area contributed by atoms with Crippen LogP contribution in [0.5, 0.6) is 0 Å². The van der Waals surface area contributed by atoms with Crippen LogP contribution in [0.25, 0.3) is 11.3 Å². The van der Waals surface area contributed by atoms with E-state index in [0.29, 0.717) is 5.92 Å². The summed E-state index contributed by atoms with van der Waals surface area (Å²) in [6.07, 6.45) is 1.86. The second-order valence-corrected chi connectivity index (χ2v) is 9.60. The summed E-state index contributed by atoms with van der Waals surface area (Å²) in [5.74, 6) is 0.305. The molecule has 1 unspecified atom stereocenters. The van der Waals surface area contributed by atoms with Gasteiger partial charge in [-0.1, -0.05) is 41.9 Å². The van der Waals surface area contributed by atoms with Crippen LogP contribution in [0, 0.1) is 0 Å². The van der Waals surface area contributed by atoms with Crippen molar-refractivity contribution in [2.45, 2.75) is 38.8 Å². The normalized spacial score (nSPS) is 17.9. The summed E-state index contributed by atoms with van der Waals surface area (Å²) in [7, 11) is 0. The molecule has 3 heterocycles. The highest BCUT2D eigenvalue weighted by molar-refractivity contribution is 7.16. The lowest BCUT2D eigenvalue weighted by Crippen LogP contribution is -2.45. The zero-order valence-electron chi connectivity index (χ0n) is 15.4. The Morgan fingerprint density at radius 2 is 1.85 bits per heavy atom. The third-order valence-corrected chi connectivity index (χ3v) is 6.41. The maximum atomic E-state index is 6.41. The van der Waals surface area contributed by atoms with Crippen molar-refractivity contribution in [3.63, 3.8) is 0 Å². The molecule has 1 aliphatic heterocycles. The summed E-state index contributed by atoms with van der Waals surface area (Å²) in [5, 5.41) is 0. The van der Waals surface area contributed by atoms with E-state index in [0.717, 1.165) is 23.1 Å². The fourth-order valence-corrected chi connectivity index (χ4v) is 5.07. The number of rotatable bonds is 2. The van der Waals surface area contributed by atoms with Gasteiger partial charge in [0, 0.05) is 41.2 Å². The summed E-state index contributed by atoms with van der Waals surface area (Å²) in [5.41, 5.74) is 5.06. The molecule has 134 valence electrons. The molecular weight excluding hydrogens is 360 g/mol. The van der Waals surface area contributed by atoms with Gasteiger partial charge in [-0.3, -0.25) is 9.88 Å². The highest BCUT2D eigenvalue weighted by Gasteiger charge is 2.34. The fourth-order valence-electron chi connectivity index (χ4n) is 3.72. The molecule has 0 aliphatic carbocycles. The summed E-state index contributed by atoms with van der Waals surface area (Å²) < 4.78 is 0.881. The van der Waals surface area contributed by atoms with E-state index in [1.807, 2.05) is 18.3 Å². The molecule has 0 amide bonds. The molecular formula is C22H23ClN2S. The van der Waals surface area contributed by atoms with E-state index < -0.39 is 0 Å². The van der Waals surface area contributed by atoms with Crippen molar-refractivity contribution in [3.05, 3.63) is 75.1 Å². The molecule has 4 rings (SSSR count). The van der Waals surface area contributed by atoms with E-state index in [2.05, 4.69) is 67.1 Å². The maximum Gasteiger partial charge on any atom is 0.0934 e.